The van der Waals surface area contributed by atoms with Crippen molar-refractivity contribution in [1.82, 2.24) is 0 Å². The van der Waals surface area contributed by atoms with E-state index in [0.717, 1.165) is 6.42 Å². The third kappa shape index (κ3) is 2.47. The number of benzene rings is 2. The summed E-state index contributed by atoms with van der Waals surface area (Å²) in [7, 11) is 0. The standard InChI is InChI=1S/C17H12Br2/c18-7-5-12-1-3-16-14(9-12)11-15-10-13(6-8-19)2-4-17(15)16/h1-10H,11H2/b7-5-,8-6-. The molecule has 0 saturated carbocycles. The summed E-state index contributed by atoms with van der Waals surface area (Å²) in [5.41, 5.74) is 8.05. The van der Waals surface area contributed by atoms with Crippen molar-refractivity contribution in [2.75, 3.05) is 0 Å². The van der Waals surface area contributed by atoms with Crippen LogP contribution in [0.2, 0.25) is 0 Å². The van der Waals surface area contributed by atoms with Gasteiger partial charge in [0.15, 0.2) is 0 Å². The summed E-state index contributed by atoms with van der Waals surface area (Å²) in [6, 6.07) is 13.3. The molecule has 3 rings (SSSR count). The molecule has 0 N–H and O–H groups in total. The van der Waals surface area contributed by atoms with E-state index in [9.17, 15) is 0 Å². The summed E-state index contributed by atoms with van der Waals surface area (Å²) in [4.78, 5) is 3.80. The third-order valence-electron chi connectivity index (χ3n) is 3.44. The number of halogens is 2. The predicted octanol–water partition coefficient (Wildman–Crippen LogP) is 5.99. The van der Waals surface area contributed by atoms with E-state index in [4.69, 9.17) is 0 Å². The summed E-state index contributed by atoms with van der Waals surface area (Å²) in [6.45, 7) is 0. The highest BCUT2D eigenvalue weighted by Gasteiger charge is 2.18. The minimum atomic E-state index is 1.03. The van der Waals surface area contributed by atoms with Gasteiger partial charge in [0.2, 0.25) is 0 Å². The second kappa shape index (κ2) is 5.48. The molecule has 0 bridgehead atoms. The first-order chi connectivity index (χ1) is 9.31. The Hall–Kier alpha value is -1.12. The van der Waals surface area contributed by atoms with E-state index in [2.05, 4.69) is 80.4 Å². The van der Waals surface area contributed by atoms with E-state index in [-0.39, 0.29) is 0 Å². The lowest BCUT2D eigenvalue weighted by atomic mass is 10.0. The molecule has 2 aromatic carbocycles. The molecule has 0 unspecified atom stereocenters. The SMILES string of the molecule is Br/C=C\c1ccc2c(c1)Cc1cc(/C=C\Br)ccc1-2. The summed E-state index contributed by atoms with van der Waals surface area (Å²) in [6.07, 6.45) is 5.17. The minimum absolute atomic E-state index is 1.03. The van der Waals surface area contributed by atoms with Crippen LogP contribution in [0.25, 0.3) is 23.3 Å². The lowest BCUT2D eigenvalue weighted by Crippen LogP contribution is -1.82. The average molecular weight is 376 g/mol. The molecule has 0 saturated heterocycles. The molecule has 0 amide bonds. The first-order valence-electron chi connectivity index (χ1n) is 6.11. The Morgan fingerprint density at radius 3 is 1.63 bits per heavy atom. The van der Waals surface area contributed by atoms with Crippen LogP contribution >= 0.6 is 31.9 Å². The average Bonchev–Trinajstić information content (AvgIpc) is 2.76. The van der Waals surface area contributed by atoms with Gasteiger partial charge in [-0.15, -0.1) is 0 Å². The molecular formula is C17H12Br2. The van der Waals surface area contributed by atoms with Crippen LogP contribution in [0.15, 0.2) is 46.4 Å². The van der Waals surface area contributed by atoms with Gasteiger partial charge in [0.1, 0.15) is 0 Å². The van der Waals surface area contributed by atoms with Crippen molar-refractivity contribution in [1.29, 1.82) is 0 Å². The molecule has 1 aliphatic rings. The van der Waals surface area contributed by atoms with E-state index in [1.807, 2.05) is 9.97 Å². The number of hydrogen-bond acceptors (Lipinski definition) is 0. The zero-order chi connectivity index (χ0) is 13.2. The highest BCUT2D eigenvalue weighted by atomic mass is 79.9. The van der Waals surface area contributed by atoms with E-state index in [1.54, 1.807) is 0 Å². The van der Waals surface area contributed by atoms with E-state index >= 15 is 0 Å². The number of fused-ring (bicyclic) bond motifs is 3. The van der Waals surface area contributed by atoms with Gasteiger partial charge in [-0.25, -0.2) is 0 Å². The largest absolute Gasteiger partial charge is 0.0595 e. The monoisotopic (exact) mass is 374 g/mol. The van der Waals surface area contributed by atoms with Crippen molar-refractivity contribution < 1.29 is 0 Å². The lowest BCUT2D eigenvalue weighted by Gasteiger charge is -2.02. The Labute approximate surface area is 130 Å². The Morgan fingerprint density at radius 1 is 0.737 bits per heavy atom. The van der Waals surface area contributed by atoms with Crippen LogP contribution in [0.3, 0.4) is 0 Å². The van der Waals surface area contributed by atoms with Gasteiger partial charge in [-0.1, -0.05) is 68.3 Å². The molecule has 0 nitrogen and oxygen atoms in total. The fourth-order valence-corrected chi connectivity index (χ4v) is 3.21. The van der Waals surface area contributed by atoms with Crippen LogP contribution in [0.4, 0.5) is 0 Å². The van der Waals surface area contributed by atoms with E-state index < -0.39 is 0 Å². The van der Waals surface area contributed by atoms with Gasteiger partial charge >= 0.3 is 0 Å². The maximum Gasteiger partial charge on any atom is -0.00130 e. The van der Waals surface area contributed by atoms with Gasteiger partial charge in [0.25, 0.3) is 0 Å². The van der Waals surface area contributed by atoms with Crippen LogP contribution < -0.4 is 0 Å². The lowest BCUT2D eigenvalue weighted by molar-refractivity contribution is 1.26. The maximum atomic E-state index is 3.33. The molecule has 0 aromatic heterocycles. The number of rotatable bonds is 2. The maximum absolute atomic E-state index is 3.33. The molecular weight excluding hydrogens is 364 g/mol. The van der Waals surface area contributed by atoms with Crippen molar-refractivity contribution in [3.05, 3.63) is 68.6 Å². The zero-order valence-electron chi connectivity index (χ0n) is 10.2. The van der Waals surface area contributed by atoms with Gasteiger partial charge in [0, 0.05) is 0 Å². The Kier molecular flexibility index (Phi) is 3.72. The molecule has 0 atom stereocenters. The van der Waals surface area contributed by atoms with Crippen LogP contribution in [0.5, 0.6) is 0 Å². The fraction of sp³-hybridized carbons (Fsp3) is 0.0588. The van der Waals surface area contributed by atoms with Gasteiger partial charge in [-0.3, -0.25) is 0 Å². The molecule has 0 heterocycles. The Balaban J connectivity index is 2.05. The first kappa shape index (κ1) is 12.9. The highest BCUT2D eigenvalue weighted by molar-refractivity contribution is 9.11. The third-order valence-corrected chi connectivity index (χ3v) is 3.97. The van der Waals surface area contributed by atoms with Gasteiger partial charge in [0.05, 0.1) is 0 Å². The molecule has 2 aromatic rings. The van der Waals surface area contributed by atoms with Crippen LogP contribution in [-0.4, -0.2) is 0 Å². The zero-order valence-corrected chi connectivity index (χ0v) is 13.4. The summed E-state index contributed by atoms with van der Waals surface area (Å²) in [5, 5.41) is 0. The van der Waals surface area contributed by atoms with Crippen molar-refractivity contribution in [2.45, 2.75) is 6.42 Å². The second-order valence-electron chi connectivity index (χ2n) is 4.60. The summed E-state index contributed by atoms with van der Waals surface area (Å²) in [5.74, 6) is 0. The fourth-order valence-electron chi connectivity index (χ4n) is 2.60. The van der Waals surface area contributed by atoms with Crippen molar-refractivity contribution in [3.63, 3.8) is 0 Å². The molecule has 1 aliphatic carbocycles. The van der Waals surface area contributed by atoms with Crippen LogP contribution in [0.1, 0.15) is 22.3 Å². The summed E-state index contributed by atoms with van der Waals surface area (Å²) >= 11 is 6.66. The van der Waals surface area contributed by atoms with E-state index in [1.165, 1.54) is 33.4 Å². The Bertz CT molecular complexity index is 622. The van der Waals surface area contributed by atoms with Crippen molar-refractivity contribution in [3.8, 4) is 11.1 Å². The van der Waals surface area contributed by atoms with Gasteiger partial charge < -0.3 is 0 Å². The molecule has 0 spiro atoms. The van der Waals surface area contributed by atoms with Crippen LogP contribution in [-0.2, 0) is 6.42 Å². The Morgan fingerprint density at radius 2 is 1.21 bits per heavy atom. The second-order valence-corrected chi connectivity index (χ2v) is 5.65. The molecule has 0 aliphatic heterocycles. The predicted molar refractivity (Wildman–Crippen MR) is 90.6 cm³/mol. The van der Waals surface area contributed by atoms with Gasteiger partial charge in [-0.2, -0.15) is 0 Å². The summed E-state index contributed by atoms with van der Waals surface area (Å²) < 4.78 is 0. The molecule has 19 heavy (non-hydrogen) atoms. The molecule has 2 heteroatoms. The van der Waals surface area contributed by atoms with E-state index in [0.29, 0.717) is 0 Å². The highest BCUT2D eigenvalue weighted by Crippen LogP contribution is 2.37. The van der Waals surface area contributed by atoms with Gasteiger partial charge in [-0.05, 0) is 61.9 Å². The normalized spacial score (nSPS) is 13.2. The molecule has 0 fully saturated rings. The van der Waals surface area contributed by atoms with Crippen molar-refractivity contribution >= 4 is 44.0 Å². The minimum Gasteiger partial charge on any atom is -0.0595 e. The topological polar surface area (TPSA) is 0 Å². The number of hydrogen-bond donors (Lipinski definition) is 0. The molecule has 0 radical (unpaired) electrons. The quantitative estimate of drug-likeness (QED) is 0.516. The van der Waals surface area contributed by atoms with Crippen molar-refractivity contribution in [2.24, 2.45) is 0 Å². The first-order valence-corrected chi connectivity index (χ1v) is 7.94. The smallest absolute Gasteiger partial charge is 0.00130 e. The molecule has 94 valence electrons. The van der Waals surface area contributed by atoms with Crippen LogP contribution in [0, 0.1) is 0 Å².